The highest BCUT2D eigenvalue weighted by atomic mass is 32.1. The monoisotopic (exact) mass is 277 g/mol. The van der Waals surface area contributed by atoms with E-state index in [1.165, 1.54) is 4.88 Å². The quantitative estimate of drug-likeness (QED) is 0.879. The van der Waals surface area contributed by atoms with Crippen LogP contribution in [0.3, 0.4) is 0 Å². The minimum Gasteiger partial charge on any atom is -0.373 e. The van der Waals surface area contributed by atoms with E-state index >= 15 is 0 Å². The number of thiazole rings is 1. The van der Waals surface area contributed by atoms with Gasteiger partial charge in [-0.05, 0) is 20.3 Å². The van der Waals surface area contributed by atoms with Crippen LogP contribution in [0.2, 0.25) is 0 Å². The van der Waals surface area contributed by atoms with Gasteiger partial charge in [0.25, 0.3) is 0 Å². The third-order valence-corrected chi connectivity index (χ3v) is 4.29. The molecule has 1 unspecified atom stereocenters. The van der Waals surface area contributed by atoms with Crippen LogP contribution in [0.1, 0.15) is 35.3 Å². The van der Waals surface area contributed by atoms with E-state index in [0.29, 0.717) is 0 Å². The first kappa shape index (κ1) is 13.7. The first-order valence-corrected chi connectivity index (χ1v) is 7.17. The standard InChI is InChI=1S/C13H19N5S/c1-5-10-6-15-13(19-10)9(3)18-12-8(2)11(14-4)16-7-17-12/h6-7,9H,5H2,1-4H3,(H2,14,16,17,18). The van der Waals surface area contributed by atoms with Crippen LogP contribution in [0.5, 0.6) is 0 Å². The van der Waals surface area contributed by atoms with Gasteiger partial charge in [-0.1, -0.05) is 6.92 Å². The maximum absolute atomic E-state index is 4.45. The molecule has 0 aliphatic heterocycles. The van der Waals surface area contributed by atoms with E-state index in [1.54, 1.807) is 17.7 Å². The normalized spacial score (nSPS) is 12.2. The van der Waals surface area contributed by atoms with Gasteiger partial charge in [-0.15, -0.1) is 11.3 Å². The highest BCUT2D eigenvalue weighted by Crippen LogP contribution is 2.26. The molecule has 2 rings (SSSR count). The zero-order chi connectivity index (χ0) is 13.8. The van der Waals surface area contributed by atoms with Crippen LogP contribution >= 0.6 is 11.3 Å². The molecule has 0 fully saturated rings. The third kappa shape index (κ3) is 3.01. The summed E-state index contributed by atoms with van der Waals surface area (Å²) in [6, 6.07) is 0.142. The Morgan fingerprint density at radius 1 is 1.26 bits per heavy atom. The average Bonchev–Trinajstić information content (AvgIpc) is 2.90. The molecule has 2 aromatic heterocycles. The molecule has 6 heteroatoms. The summed E-state index contributed by atoms with van der Waals surface area (Å²) in [6.07, 6.45) is 4.54. The molecule has 0 amide bonds. The van der Waals surface area contributed by atoms with Gasteiger partial charge in [-0.25, -0.2) is 15.0 Å². The summed E-state index contributed by atoms with van der Waals surface area (Å²) >= 11 is 1.74. The molecule has 0 saturated heterocycles. The number of aromatic nitrogens is 3. The van der Waals surface area contributed by atoms with Crippen LogP contribution in [-0.4, -0.2) is 22.0 Å². The smallest absolute Gasteiger partial charge is 0.134 e. The molecular weight excluding hydrogens is 258 g/mol. The predicted octanol–water partition coefficient (Wildman–Crippen LogP) is 3.02. The number of nitrogens with one attached hydrogen (secondary N) is 2. The number of anilines is 2. The lowest BCUT2D eigenvalue weighted by Gasteiger charge is -2.15. The molecule has 2 heterocycles. The van der Waals surface area contributed by atoms with Crippen molar-refractivity contribution in [3.05, 3.63) is 28.0 Å². The van der Waals surface area contributed by atoms with Crippen LogP contribution < -0.4 is 10.6 Å². The lowest BCUT2D eigenvalue weighted by Crippen LogP contribution is -2.10. The SMILES string of the molecule is CCc1cnc(C(C)Nc2ncnc(NC)c2C)s1. The Labute approximate surface area is 117 Å². The van der Waals surface area contributed by atoms with Crippen molar-refractivity contribution in [3.63, 3.8) is 0 Å². The number of rotatable bonds is 5. The summed E-state index contributed by atoms with van der Waals surface area (Å²) in [5.74, 6) is 1.69. The molecule has 0 saturated carbocycles. The number of hydrogen-bond acceptors (Lipinski definition) is 6. The second kappa shape index (κ2) is 5.97. The van der Waals surface area contributed by atoms with E-state index in [1.807, 2.05) is 20.2 Å². The lowest BCUT2D eigenvalue weighted by molar-refractivity contribution is 0.855. The minimum atomic E-state index is 0.142. The molecule has 19 heavy (non-hydrogen) atoms. The Kier molecular flexibility index (Phi) is 4.31. The van der Waals surface area contributed by atoms with Gasteiger partial charge in [-0.3, -0.25) is 0 Å². The summed E-state index contributed by atoms with van der Waals surface area (Å²) in [5, 5.41) is 7.54. The molecule has 2 aromatic rings. The average molecular weight is 277 g/mol. The van der Waals surface area contributed by atoms with Crippen molar-refractivity contribution in [2.45, 2.75) is 33.2 Å². The van der Waals surface area contributed by atoms with Crippen LogP contribution in [0.15, 0.2) is 12.5 Å². The molecule has 2 N–H and O–H groups in total. The largest absolute Gasteiger partial charge is 0.373 e. The van der Waals surface area contributed by atoms with E-state index in [9.17, 15) is 0 Å². The molecule has 0 aliphatic carbocycles. The summed E-state index contributed by atoms with van der Waals surface area (Å²) in [7, 11) is 1.86. The number of nitrogens with zero attached hydrogens (tertiary/aromatic N) is 3. The Bertz CT molecular complexity index is 552. The maximum atomic E-state index is 4.45. The number of aryl methyl sites for hydroxylation is 1. The fourth-order valence-electron chi connectivity index (χ4n) is 1.80. The van der Waals surface area contributed by atoms with E-state index < -0.39 is 0 Å². The zero-order valence-corrected chi connectivity index (χ0v) is 12.5. The second-order valence-corrected chi connectivity index (χ2v) is 5.48. The Hall–Kier alpha value is -1.69. The fraction of sp³-hybridized carbons (Fsp3) is 0.462. The Morgan fingerprint density at radius 2 is 2.00 bits per heavy atom. The van der Waals surface area contributed by atoms with Crippen LogP contribution in [0.4, 0.5) is 11.6 Å². The molecule has 102 valence electrons. The van der Waals surface area contributed by atoms with Gasteiger partial charge in [-0.2, -0.15) is 0 Å². The van der Waals surface area contributed by atoms with Crippen molar-refractivity contribution in [2.75, 3.05) is 17.7 Å². The van der Waals surface area contributed by atoms with Crippen molar-refractivity contribution in [3.8, 4) is 0 Å². The van der Waals surface area contributed by atoms with Crippen LogP contribution in [-0.2, 0) is 6.42 Å². The molecule has 0 radical (unpaired) electrons. The van der Waals surface area contributed by atoms with Gasteiger partial charge in [0.2, 0.25) is 0 Å². The van der Waals surface area contributed by atoms with E-state index in [4.69, 9.17) is 0 Å². The zero-order valence-electron chi connectivity index (χ0n) is 11.7. The molecule has 5 nitrogen and oxygen atoms in total. The van der Waals surface area contributed by atoms with Crippen LogP contribution in [0.25, 0.3) is 0 Å². The minimum absolute atomic E-state index is 0.142. The molecule has 0 bridgehead atoms. The molecule has 0 spiro atoms. The molecule has 0 aromatic carbocycles. The topological polar surface area (TPSA) is 62.7 Å². The van der Waals surface area contributed by atoms with Gasteiger partial charge >= 0.3 is 0 Å². The van der Waals surface area contributed by atoms with Gasteiger partial charge < -0.3 is 10.6 Å². The van der Waals surface area contributed by atoms with Crippen LogP contribution in [0, 0.1) is 6.92 Å². The van der Waals surface area contributed by atoms with Crippen molar-refractivity contribution in [1.29, 1.82) is 0 Å². The summed E-state index contributed by atoms with van der Waals surface area (Å²) in [6.45, 7) is 6.24. The highest BCUT2D eigenvalue weighted by molar-refractivity contribution is 7.11. The first-order valence-electron chi connectivity index (χ1n) is 6.36. The van der Waals surface area contributed by atoms with Crippen molar-refractivity contribution in [1.82, 2.24) is 15.0 Å². The summed E-state index contributed by atoms with van der Waals surface area (Å²) < 4.78 is 0. The predicted molar refractivity (Wildman–Crippen MR) is 79.8 cm³/mol. The molecule has 1 atom stereocenters. The fourth-order valence-corrected chi connectivity index (χ4v) is 2.66. The third-order valence-electron chi connectivity index (χ3n) is 2.96. The second-order valence-electron chi connectivity index (χ2n) is 4.33. The molecule has 0 aliphatic rings. The van der Waals surface area contributed by atoms with Crippen molar-refractivity contribution >= 4 is 23.0 Å². The van der Waals surface area contributed by atoms with Crippen molar-refractivity contribution < 1.29 is 0 Å². The Morgan fingerprint density at radius 3 is 2.63 bits per heavy atom. The summed E-state index contributed by atoms with van der Waals surface area (Å²) in [4.78, 5) is 14.2. The molecular formula is C13H19N5S. The van der Waals surface area contributed by atoms with Gasteiger partial charge in [0.1, 0.15) is 23.0 Å². The van der Waals surface area contributed by atoms with Gasteiger partial charge in [0.15, 0.2) is 0 Å². The Balaban J connectivity index is 2.16. The van der Waals surface area contributed by atoms with Crippen molar-refractivity contribution in [2.24, 2.45) is 0 Å². The van der Waals surface area contributed by atoms with Gasteiger partial charge in [0.05, 0.1) is 6.04 Å². The van der Waals surface area contributed by atoms with E-state index in [-0.39, 0.29) is 6.04 Å². The highest BCUT2D eigenvalue weighted by Gasteiger charge is 2.13. The number of hydrogen-bond donors (Lipinski definition) is 2. The van der Waals surface area contributed by atoms with E-state index in [0.717, 1.165) is 28.6 Å². The van der Waals surface area contributed by atoms with E-state index in [2.05, 4.69) is 39.4 Å². The van der Waals surface area contributed by atoms with Gasteiger partial charge in [0, 0.05) is 23.7 Å². The maximum Gasteiger partial charge on any atom is 0.134 e. The summed E-state index contributed by atoms with van der Waals surface area (Å²) in [5.41, 5.74) is 1.02. The lowest BCUT2D eigenvalue weighted by atomic mass is 10.2. The first-order chi connectivity index (χ1) is 9.15.